The fourth-order valence-electron chi connectivity index (χ4n) is 2.94. The third-order valence-electron chi connectivity index (χ3n) is 4.05. The Morgan fingerprint density at radius 3 is 2.45 bits per heavy atom. The van der Waals surface area contributed by atoms with Crippen LogP contribution in [0.25, 0.3) is 0 Å². The molecule has 0 fully saturated rings. The zero-order valence-corrected chi connectivity index (χ0v) is 13.3. The standard InChI is InChI=1S/C17H22N4O/c1-12-8-14(3)21(19-12)9-13(2)18-17(22)20-10-15-6-4-5-7-16(15)11-20/h4-8,13H,9-11H2,1-3H3,(H,18,22). The Kier molecular flexibility index (Phi) is 3.88. The largest absolute Gasteiger partial charge is 0.334 e. The van der Waals surface area contributed by atoms with Gasteiger partial charge in [0.05, 0.1) is 12.2 Å². The van der Waals surface area contributed by atoms with Gasteiger partial charge in [0.1, 0.15) is 0 Å². The predicted octanol–water partition coefficient (Wildman–Crippen LogP) is 2.61. The second kappa shape index (κ2) is 5.83. The molecule has 2 aromatic rings. The summed E-state index contributed by atoms with van der Waals surface area (Å²) in [7, 11) is 0. The highest BCUT2D eigenvalue weighted by molar-refractivity contribution is 5.75. The van der Waals surface area contributed by atoms with E-state index in [1.165, 1.54) is 11.1 Å². The highest BCUT2D eigenvalue weighted by Crippen LogP contribution is 2.22. The van der Waals surface area contributed by atoms with Gasteiger partial charge < -0.3 is 10.2 Å². The van der Waals surface area contributed by atoms with Crippen LogP contribution in [0.4, 0.5) is 4.79 Å². The van der Waals surface area contributed by atoms with Crippen LogP contribution in [0.1, 0.15) is 29.4 Å². The number of hydrogen-bond donors (Lipinski definition) is 1. The van der Waals surface area contributed by atoms with Gasteiger partial charge in [-0.3, -0.25) is 4.68 Å². The third-order valence-corrected chi connectivity index (χ3v) is 4.05. The normalized spacial score (nSPS) is 14.8. The second-order valence-corrected chi connectivity index (χ2v) is 6.08. The molecule has 0 bridgehead atoms. The molecule has 116 valence electrons. The van der Waals surface area contributed by atoms with Gasteiger partial charge in [0.2, 0.25) is 0 Å². The van der Waals surface area contributed by atoms with Crippen LogP contribution in [-0.2, 0) is 19.6 Å². The lowest BCUT2D eigenvalue weighted by Gasteiger charge is -2.21. The molecule has 0 saturated carbocycles. The van der Waals surface area contributed by atoms with Gasteiger partial charge in [-0.05, 0) is 38.0 Å². The molecule has 1 aliphatic rings. The molecule has 22 heavy (non-hydrogen) atoms. The number of aromatic nitrogens is 2. The molecule has 1 unspecified atom stereocenters. The van der Waals surface area contributed by atoms with Crippen molar-refractivity contribution in [2.45, 2.75) is 46.4 Å². The van der Waals surface area contributed by atoms with Crippen molar-refractivity contribution in [1.82, 2.24) is 20.0 Å². The van der Waals surface area contributed by atoms with E-state index in [0.29, 0.717) is 19.6 Å². The van der Waals surface area contributed by atoms with Gasteiger partial charge in [-0.1, -0.05) is 24.3 Å². The van der Waals surface area contributed by atoms with Crippen LogP contribution in [0.2, 0.25) is 0 Å². The number of carbonyl (C=O) groups excluding carboxylic acids is 1. The summed E-state index contributed by atoms with van der Waals surface area (Å²) in [5.74, 6) is 0. The Morgan fingerprint density at radius 2 is 1.91 bits per heavy atom. The Labute approximate surface area is 130 Å². The fourth-order valence-corrected chi connectivity index (χ4v) is 2.94. The molecule has 5 heteroatoms. The maximum Gasteiger partial charge on any atom is 0.318 e. The summed E-state index contributed by atoms with van der Waals surface area (Å²) in [5, 5.41) is 7.51. The monoisotopic (exact) mass is 298 g/mol. The smallest absolute Gasteiger partial charge is 0.318 e. The molecule has 3 rings (SSSR count). The highest BCUT2D eigenvalue weighted by Gasteiger charge is 2.23. The lowest BCUT2D eigenvalue weighted by molar-refractivity contribution is 0.193. The van der Waals surface area contributed by atoms with E-state index in [1.807, 2.05) is 48.6 Å². The van der Waals surface area contributed by atoms with E-state index in [9.17, 15) is 4.79 Å². The SMILES string of the molecule is Cc1cc(C)n(CC(C)NC(=O)N2Cc3ccccc3C2)n1. The molecule has 1 aromatic heterocycles. The molecular weight excluding hydrogens is 276 g/mol. The van der Waals surface area contributed by atoms with Crippen molar-refractivity contribution in [2.24, 2.45) is 0 Å². The Bertz CT molecular complexity index is 667. The minimum atomic E-state index is -0.00905. The first-order valence-electron chi connectivity index (χ1n) is 7.66. The van der Waals surface area contributed by atoms with Crippen LogP contribution in [0, 0.1) is 13.8 Å². The van der Waals surface area contributed by atoms with Crippen molar-refractivity contribution in [1.29, 1.82) is 0 Å². The van der Waals surface area contributed by atoms with E-state index in [2.05, 4.69) is 22.5 Å². The first-order valence-corrected chi connectivity index (χ1v) is 7.66. The Hall–Kier alpha value is -2.30. The maximum atomic E-state index is 12.4. The number of nitrogens with zero attached hydrogens (tertiary/aromatic N) is 3. The molecule has 1 aliphatic heterocycles. The quantitative estimate of drug-likeness (QED) is 0.947. The molecular formula is C17H22N4O. The van der Waals surface area contributed by atoms with E-state index in [4.69, 9.17) is 0 Å². The van der Waals surface area contributed by atoms with Gasteiger partial charge in [-0.15, -0.1) is 0 Å². The number of carbonyl (C=O) groups is 1. The van der Waals surface area contributed by atoms with Gasteiger partial charge in [-0.25, -0.2) is 4.79 Å². The van der Waals surface area contributed by atoms with E-state index in [0.717, 1.165) is 11.4 Å². The Balaban J connectivity index is 1.57. The number of amides is 2. The zero-order chi connectivity index (χ0) is 15.7. The van der Waals surface area contributed by atoms with E-state index >= 15 is 0 Å². The minimum Gasteiger partial charge on any atom is -0.334 e. The topological polar surface area (TPSA) is 50.2 Å². The summed E-state index contributed by atoms with van der Waals surface area (Å²) in [6, 6.07) is 10.3. The summed E-state index contributed by atoms with van der Waals surface area (Å²) in [5.41, 5.74) is 4.60. The molecule has 2 amide bonds. The number of hydrogen-bond acceptors (Lipinski definition) is 2. The number of benzene rings is 1. The van der Waals surface area contributed by atoms with Gasteiger partial charge in [-0.2, -0.15) is 5.10 Å². The fraction of sp³-hybridized carbons (Fsp3) is 0.412. The summed E-state index contributed by atoms with van der Waals surface area (Å²) in [6.07, 6.45) is 0. The number of urea groups is 1. The summed E-state index contributed by atoms with van der Waals surface area (Å²) in [6.45, 7) is 8.09. The average molecular weight is 298 g/mol. The van der Waals surface area contributed by atoms with Crippen LogP contribution in [0.3, 0.4) is 0 Å². The van der Waals surface area contributed by atoms with Crippen molar-refractivity contribution < 1.29 is 4.79 Å². The van der Waals surface area contributed by atoms with Crippen molar-refractivity contribution in [3.8, 4) is 0 Å². The molecule has 1 N–H and O–H groups in total. The van der Waals surface area contributed by atoms with Crippen LogP contribution >= 0.6 is 0 Å². The van der Waals surface area contributed by atoms with Crippen LogP contribution in [0.5, 0.6) is 0 Å². The van der Waals surface area contributed by atoms with Gasteiger partial charge in [0, 0.05) is 24.8 Å². The maximum absolute atomic E-state index is 12.4. The molecule has 1 atom stereocenters. The van der Waals surface area contributed by atoms with Crippen LogP contribution in [0.15, 0.2) is 30.3 Å². The van der Waals surface area contributed by atoms with Gasteiger partial charge in [0.25, 0.3) is 0 Å². The third kappa shape index (κ3) is 2.98. The zero-order valence-electron chi connectivity index (χ0n) is 13.3. The number of nitrogens with one attached hydrogen (secondary N) is 1. The van der Waals surface area contributed by atoms with Crippen molar-refractivity contribution >= 4 is 6.03 Å². The number of aryl methyl sites for hydroxylation is 2. The van der Waals surface area contributed by atoms with Crippen molar-refractivity contribution in [3.05, 3.63) is 52.8 Å². The number of rotatable bonds is 3. The van der Waals surface area contributed by atoms with E-state index < -0.39 is 0 Å². The summed E-state index contributed by atoms with van der Waals surface area (Å²) < 4.78 is 1.94. The molecule has 0 saturated heterocycles. The van der Waals surface area contributed by atoms with Gasteiger partial charge >= 0.3 is 6.03 Å². The molecule has 0 spiro atoms. The highest BCUT2D eigenvalue weighted by atomic mass is 16.2. The van der Waals surface area contributed by atoms with Crippen LogP contribution in [-0.4, -0.2) is 26.8 Å². The molecule has 0 aliphatic carbocycles. The second-order valence-electron chi connectivity index (χ2n) is 6.08. The lowest BCUT2D eigenvalue weighted by Crippen LogP contribution is -2.43. The van der Waals surface area contributed by atoms with Crippen molar-refractivity contribution in [3.63, 3.8) is 0 Å². The number of fused-ring (bicyclic) bond motifs is 1. The average Bonchev–Trinajstić information content (AvgIpc) is 3.02. The molecule has 1 aromatic carbocycles. The molecule has 0 radical (unpaired) electrons. The van der Waals surface area contributed by atoms with E-state index in [-0.39, 0.29) is 12.1 Å². The minimum absolute atomic E-state index is 0.00905. The first-order chi connectivity index (χ1) is 10.5. The lowest BCUT2D eigenvalue weighted by atomic mass is 10.1. The molecule has 2 heterocycles. The van der Waals surface area contributed by atoms with E-state index in [1.54, 1.807) is 0 Å². The van der Waals surface area contributed by atoms with Gasteiger partial charge in [0.15, 0.2) is 0 Å². The summed E-state index contributed by atoms with van der Waals surface area (Å²) >= 11 is 0. The van der Waals surface area contributed by atoms with Crippen LogP contribution < -0.4 is 5.32 Å². The summed E-state index contributed by atoms with van der Waals surface area (Å²) in [4.78, 5) is 14.2. The predicted molar refractivity (Wildman–Crippen MR) is 85.4 cm³/mol. The Morgan fingerprint density at radius 1 is 1.27 bits per heavy atom. The van der Waals surface area contributed by atoms with Crippen molar-refractivity contribution in [2.75, 3.05) is 0 Å². The first kappa shape index (κ1) is 14.6. The molecule has 5 nitrogen and oxygen atoms in total.